The van der Waals surface area contributed by atoms with Crippen LogP contribution in [-0.2, 0) is 40.0 Å². The second-order valence-electron chi connectivity index (χ2n) is 21.0. The number of hydrogen-bond donors (Lipinski definition) is 16. The highest BCUT2D eigenvalue weighted by Crippen LogP contribution is 2.41. The van der Waals surface area contributed by atoms with Gasteiger partial charge < -0.3 is 82.0 Å². The Hall–Kier alpha value is -4.94. The molecule has 0 aliphatic carbocycles. The quantitative estimate of drug-likeness (QED) is 0.0573. The van der Waals surface area contributed by atoms with E-state index in [9.17, 15) is 83.0 Å². The second kappa shape index (κ2) is 31.7. The Bertz CT molecular complexity index is 2140. The van der Waals surface area contributed by atoms with Crippen LogP contribution in [0.4, 0.5) is 0 Å². The van der Waals surface area contributed by atoms with Crippen molar-refractivity contribution in [2.24, 2.45) is 11.7 Å². The van der Waals surface area contributed by atoms with Crippen molar-refractivity contribution in [3.63, 3.8) is 0 Å². The van der Waals surface area contributed by atoms with Crippen LogP contribution in [0.15, 0.2) is 18.2 Å². The number of fused-ring (bicyclic) bond motifs is 2. The summed E-state index contributed by atoms with van der Waals surface area (Å²) in [4.78, 5) is 101. The molecule has 3 aliphatic rings. The monoisotopic (exact) mass is 1130 g/mol. The van der Waals surface area contributed by atoms with Crippen molar-refractivity contribution in [2.45, 2.75) is 209 Å². The molecule has 3 fully saturated rings. The van der Waals surface area contributed by atoms with E-state index < -0.39 is 175 Å². The number of carbonyl (C=O) groups is 7. The molecule has 7 amide bonds. The fourth-order valence-electron chi connectivity index (χ4n) is 10.1. The van der Waals surface area contributed by atoms with E-state index >= 15 is 0 Å². The molecule has 4 rings (SSSR count). The van der Waals surface area contributed by atoms with Crippen molar-refractivity contribution < 1.29 is 87.1 Å². The summed E-state index contributed by atoms with van der Waals surface area (Å²) in [5, 5.41) is 90.0. The van der Waals surface area contributed by atoms with Crippen molar-refractivity contribution in [3.8, 4) is 11.5 Å². The number of amides is 7. The number of phenolic OH excluding ortho intramolecular Hbond substituents is 1. The van der Waals surface area contributed by atoms with E-state index in [1.165, 1.54) is 57.9 Å². The van der Waals surface area contributed by atoms with Gasteiger partial charge in [-0.15, -0.1) is 0 Å². The number of nitrogens with zero attached hydrogens (tertiary/aromatic N) is 2. The van der Waals surface area contributed by atoms with Crippen LogP contribution in [0.2, 0.25) is 0 Å². The van der Waals surface area contributed by atoms with Gasteiger partial charge in [0.2, 0.25) is 41.4 Å². The van der Waals surface area contributed by atoms with Crippen LogP contribution < -0.4 is 36.5 Å². The number of phenols is 1. The minimum Gasteiger partial charge on any atom is -0.504 e. The number of aromatic hydroxyl groups is 1. The maximum Gasteiger partial charge on any atom is 0.266 e. The molecule has 0 aromatic heterocycles. The van der Waals surface area contributed by atoms with Gasteiger partial charge in [-0.25, -0.2) is 0 Å². The number of β-amino-alcohol motifs (C(OH)–C–C–N with tert-alkyl or cyclic N) is 1. The molecule has 3 saturated heterocycles. The maximum atomic E-state index is 14.6. The molecule has 1 unspecified atom stereocenters. The lowest BCUT2D eigenvalue weighted by Gasteiger charge is -2.34. The first-order valence-corrected chi connectivity index (χ1v) is 28.7. The van der Waals surface area contributed by atoms with Crippen LogP contribution in [-0.4, -0.2) is 200 Å². The number of rotatable bonds is 24. The standard InChI is InChI=1S/C51H86N8O18S/c1-4-5-6-7-8-9-10-11-12-13-14-15-16-17-40(66)54-34-24-32(61)26-53-49(71)44-45(67)29(2)27-59(44)51(73)43(37(64)20-21-52)57-48(70)42(38(65)22-31-18-19-36(63)39(23-31)77-78(74,75)76)56-47(69)35-25-33(62)28-58(35)50(72)41(30(3)60)55-46(34)68/h18-19,23,29-30,32-35,37-38,41-45,60-65,67,74-76H,4-17,20-22,24-28,52H2,1-3H3,(H,53,71)(H,54,66)(H,55,68)(H,56,69)(H,57,70)/t29-,30+,32+,33+,34?,35-,37+,38+,41-,42-,43-,44-,45-/m0/s1. The van der Waals surface area contributed by atoms with Crippen molar-refractivity contribution in [3.05, 3.63) is 23.8 Å². The minimum atomic E-state index is -4.69. The van der Waals surface area contributed by atoms with E-state index in [4.69, 9.17) is 5.73 Å². The normalized spacial score (nSPS) is 27.6. The predicted molar refractivity (Wildman–Crippen MR) is 284 cm³/mol. The molecule has 1 aromatic rings. The van der Waals surface area contributed by atoms with Gasteiger partial charge >= 0.3 is 0 Å². The molecular weight excluding hydrogens is 1040 g/mol. The first-order chi connectivity index (χ1) is 36.9. The van der Waals surface area contributed by atoms with Gasteiger partial charge in [-0.2, -0.15) is 0 Å². The van der Waals surface area contributed by atoms with Crippen molar-refractivity contribution in [2.75, 3.05) is 26.2 Å². The topological polar surface area (TPSA) is 424 Å². The number of hydrogen-bond acceptors (Lipinski definition) is 19. The van der Waals surface area contributed by atoms with Crippen LogP contribution in [0.5, 0.6) is 11.5 Å². The Morgan fingerprint density at radius 1 is 0.744 bits per heavy atom. The summed E-state index contributed by atoms with van der Waals surface area (Å²) in [6.45, 7) is 3.16. The third-order valence-corrected chi connectivity index (χ3v) is 14.8. The van der Waals surface area contributed by atoms with Crippen LogP contribution >= 0.6 is 11.2 Å². The van der Waals surface area contributed by atoms with Gasteiger partial charge in [0.05, 0.1) is 36.6 Å². The number of benzene rings is 1. The predicted octanol–water partition coefficient (Wildman–Crippen LogP) is -0.626. The van der Waals surface area contributed by atoms with E-state index in [0.717, 1.165) is 61.0 Å². The number of aliphatic hydroxyl groups excluding tert-OH is 6. The minimum absolute atomic E-state index is 0.00572. The summed E-state index contributed by atoms with van der Waals surface area (Å²) < 4.78 is 33.0. The molecule has 27 heteroatoms. The zero-order chi connectivity index (χ0) is 57.9. The lowest BCUT2D eigenvalue weighted by molar-refractivity contribution is -0.147. The van der Waals surface area contributed by atoms with Gasteiger partial charge in [-0.05, 0) is 44.0 Å². The molecule has 78 heavy (non-hydrogen) atoms. The summed E-state index contributed by atoms with van der Waals surface area (Å²) in [6.07, 6.45) is 1.81. The third-order valence-electron chi connectivity index (χ3n) is 14.4. The highest BCUT2D eigenvalue weighted by atomic mass is 32.3. The molecule has 0 spiro atoms. The molecule has 3 heterocycles. The largest absolute Gasteiger partial charge is 0.504 e. The van der Waals surface area contributed by atoms with Crippen molar-refractivity contribution in [1.82, 2.24) is 36.4 Å². The summed E-state index contributed by atoms with van der Waals surface area (Å²) in [5.74, 6) is -9.56. The van der Waals surface area contributed by atoms with Gasteiger partial charge in [0.15, 0.2) is 11.5 Å². The lowest BCUT2D eigenvalue weighted by atomic mass is 9.98. The maximum absolute atomic E-state index is 14.6. The molecule has 26 nitrogen and oxygen atoms in total. The molecule has 13 atom stereocenters. The van der Waals surface area contributed by atoms with Crippen LogP contribution in [0.3, 0.4) is 0 Å². The molecule has 0 bridgehead atoms. The molecular formula is C51H86N8O18S. The first-order valence-electron chi connectivity index (χ1n) is 27.3. The zero-order valence-electron chi connectivity index (χ0n) is 44.9. The van der Waals surface area contributed by atoms with Crippen LogP contribution in [0.25, 0.3) is 0 Å². The van der Waals surface area contributed by atoms with Gasteiger partial charge in [-0.3, -0.25) is 47.2 Å². The molecule has 0 saturated carbocycles. The SMILES string of the molecule is CCCCCCCCCCCCCCCC(=O)NC1C[C@@H](O)CNC(=O)[C@@H]2[C@@H](O)[C@@H](C)CN2C(=O)[C@H]([C@H](O)CCN)NC(=O)[C@H]([C@H](O)Cc2ccc(O)c(OS(O)(O)O)c2)NC(=O)[C@@H]2C[C@@H](O)CN2C(=O)[C@H]([C@@H](C)O)NC1=O. The van der Waals surface area contributed by atoms with Gasteiger partial charge in [0.25, 0.3) is 11.2 Å². The Morgan fingerprint density at radius 2 is 1.32 bits per heavy atom. The van der Waals surface area contributed by atoms with E-state index in [1.807, 2.05) is 0 Å². The Kier molecular flexibility index (Phi) is 26.7. The van der Waals surface area contributed by atoms with Gasteiger partial charge in [0.1, 0.15) is 36.3 Å². The Morgan fingerprint density at radius 3 is 1.91 bits per heavy atom. The summed E-state index contributed by atoms with van der Waals surface area (Å²) in [7, 11) is 0. The van der Waals surface area contributed by atoms with Gasteiger partial charge in [0, 0.05) is 51.2 Å². The zero-order valence-corrected chi connectivity index (χ0v) is 45.7. The molecule has 0 radical (unpaired) electrons. The average molecular weight is 1130 g/mol. The fraction of sp³-hybridized carbons (Fsp3) is 0.745. The number of aliphatic hydroxyl groups is 6. The number of unbranched alkanes of at least 4 members (excludes halogenated alkanes) is 12. The van der Waals surface area contributed by atoms with Crippen molar-refractivity contribution >= 4 is 52.5 Å². The Labute approximate surface area is 457 Å². The molecule has 444 valence electrons. The van der Waals surface area contributed by atoms with Gasteiger partial charge in [-0.1, -0.05) is 97.0 Å². The lowest BCUT2D eigenvalue weighted by Crippen LogP contribution is -2.64. The number of carbonyl (C=O) groups excluding carboxylic acids is 7. The highest BCUT2D eigenvalue weighted by molar-refractivity contribution is 8.15. The summed E-state index contributed by atoms with van der Waals surface area (Å²) in [5.41, 5.74) is 5.73. The smallest absolute Gasteiger partial charge is 0.266 e. The van der Waals surface area contributed by atoms with E-state index in [0.29, 0.717) is 6.42 Å². The summed E-state index contributed by atoms with van der Waals surface area (Å²) in [6, 6.07) is -7.82. The highest BCUT2D eigenvalue weighted by Gasteiger charge is 2.49. The molecule has 3 aliphatic heterocycles. The first kappa shape index (κ1) is 65.6. The molecule has 1 aromatic carbocycles. The third kappa shape index (κ3) is 20.0. The second-order valence-corrected chi connectivity index (χ2v) is 22.1. The van der Waals surface area contributed by atoms with Crippen LogP contribution in [0.1, 0.15) is 135 Å². The van der Waals surface area contributed by atoms with E-state index in [-0.39, 0.29) is 31.5 Å². The number of nitrogens with two attached hydrogens (primary N) is 1. The molecule has 17 N–H and O–H groups in total. The average Bonchev–Trinajstić information content (AvgIpc) is 3.92. The van der Waals surface area contributed by atoms with E-state index in [1.54, 1.807) is 0 Å². The number of nitrogens with one attached hydrogen (secondary N) is 5. The van der Waals surface area contributed by atoms with E-state index in [2.05, 4.69) is 37.7 Å². The fourth-order valence-corrected chi connectivity index (χ4v) is 10.4. The van der Waals surface area contributed by atoms with Crippen LogP contribution in [0, 0.1) is 5.92 Å². The summed E-state index contributed by atoms with van der Waals surface area (Å²) >= 11 is -4.69. The Balaban J connectivity index is 1.67. The van der Waals surface area contributed by atoms with Crippen molar-refractivity contribution in [1.29, 1.82) is 0 Å².